The first-order valence-electron chi connectivity index (χ1n) is 6.21. The zero-order valence-corrected chi connectivity index (χ0v) is 11.7. The highest BCUT2D eigenvalue weighted by atomic mass is 35.5. The van der Waals surface area contributed by atoms with E-state index >= 15 is 0 Å². The maximum Gasteiger partial charge on any atom is 0.352 e. The number of aromatic amines is 1. The average molecular weight is 323 g/mol. The van der Waals surface area contributed by atoms with E-state index in [2.05, 4.69) is 10.3 Å². The van der Waals surface area contributed by atoms with E-state index in [0.29, 0.717) is 22.3 Å². The molecular weight excluding hydrogens is 314 g/mol. The van der Waals surface area contributed by atoms with Crippen molar-refractivity contribution < 1.29 is 18.7 Å². The second-order valence-corrected chi connectivity index (χ2v) is 5.06. The van der Waals surface area contributed by atoms with Crippen molar-refractivity contribution in [3.8, 4) is 0 Å². The zero-order valence-electron chi connectivity index (χ0n) is 11.0. The molecule has 7 heteroatoms. The van der Waals surface area contributed by atoms with E-state index in [1.54, 1.807) is 0 Å². The molecule has 0 bridgehead atoms. The number of benzene rings is 2. The minimum Gasteiger partial charge on any atom is -0.477 e. The molecule has 0 radical (unpaired) electrons. The summed E-state index contributed by atoms with van der Waals surface area (Å²) >= 11 is 5.70. The highest BCUT2D eigenvalue weighted by molar-refractivity contribution is 6.31. The van der Waals surface area contributed by atoms with Crippen molar-refractivity contribution >= 4 is 39.8 Å². The molecule has 0 saturated carbocycles. The molecule has 112 valence electrons. The average Bonchev–Trinajstić information content (AvgIpc) is 2.87. The standard InChI is InChI=1S/C15H9ClF2N2O2/c16-10-5-8(1-2-11(10)18)19-12-3-7(17)4-13-9(12)6-14(20-13)15(21)22/h1-6,19-20H,(H,21,22). The van der Waals surface area contributed by atoms with Gasteiger partial charge in [0, 0.05) is 11.1 Å². The van der Waals surface area contributed by atoms with Crippen molar-refractivity contribution in [1.29, 1.82) is 0 Å². The number of fused-ring (bicyclic) bond motifs is 1. The summed E-state index contributed by atoms with van der Waals surface area (Å²) in [7, 11) is 0. The Morgan fingerprint density at radius 3 is 2.64 bits per heavy atom. The Bertz CT molecular complexity index is 893. The number of aromatic carboxylic acids is 1. The molecule has 2 aromatic carbocycles. The van der Waals surface area contributed by atoms with Gasteiger partial charge in [-0.3, -0.25) is 0 Å². The van der Waals surface area contributed by atoms with Gasteiger partial charge in [-0.25, -0.2) is 13.6 Å². The van der Waals surface area contributed by atoms with Crippen LogP contribution in [-0.4, -0.2) is 16.1 Å². The van der Waals surface area contributed by atoms with Gasteiger partial charge in [0.05, 0.1) is 16.2 Å². The number of carboxylic acid groups (broad SMARTS) is 1. The first kappa shape index (κ1) is 14.3. The molecule has 0 aliphatic rings. The number of carbonyl (C=O) groups is 1. The molecular formula is C15H9ClF2N2O2. The molecule has 22 heavy (non-hydrogen) atoms. The Morgan fingerprint density at radius 1 is 1.18 bits per heavy atom. The number of aromatic nitrogens is 1. The lowest BCUT2D eigenvalue weighted by molar-refractivity contribution is 0.0691. The van der Waals surface area contributed by atoms with Crippen LogP contribution in [0.15, 0.2) is 36.4 Å². The van der Waals surface area contributed by atoms with E-state index in [9.17, 15) is 13.6 Å². The van der Waals surface area contributed by atoms with Gasteiger partial charge in [0.2, 0.25) is 0 Å². The molecule has 0 amide bonds. The lowest BCUT2D eigenvalue weighted by atomic mass is 10.2. The predicted molar refractivity (Wildman–Crippen MR) is 79.9 cm³/mol. The van der Waals surface area contributed by atoms with Crippen molar-refractivity contribution in [1.82, 2.24) is 4.98 Å². The summed E-state index contributed by atoms with van der Waals surface area (Å²) in [5.41, 5.74) is 1.09. The van der Waals surface area contributed by atoms with Crippen LogP contribution in [-0.2, 0) is 0 Å². The van der Waals surface area contributed by atoms with Gasteiger partial charge in [0.15, 0.2) is 0 Å². The van der Waals surface area contributed by atoms with Crippen LogP contribution in [0, 0.1) is 11.6 Å². The Hall–Kier alpha value is -2.60. The molecule has 0 spiro atoms. The largest absolute Gasteiger partial charge is 0.477 e. The van der Waals surface area contributed by atoms with E-state index in [1.807, 2.05) is 0 Å². The Morgan fingerprint density at radius 2 is 1.95 bits per heavy atom. The number of anilines is 2. The van der Waals surface area contributed by atoms with Gasteiger partial charge in [0.1, 0.15) is 17.3 Å². The lowest BCUT2D eigenvalue weighted by Gasteiger charge is -2.09. The normalized spacial score (nSPS) is 10.9. The van der Waals surface area contributed by atoms with Gasteiger partial charge in [-0.2, -0.15) is 0 Å². The van der Waals surface area contributed by atoms with Crippen molar-refractivity contribution in [2.75, 3.05) is 5.32 Å². The third kappa shape index (κ3) is 2.60. The summed E-state index contributed by atoms with van der Waals surface area (Å²) in [5, 5.41) is 12.3. The molecule has 3 N–H and O–H groups in total. The van der Waals surface area contributed by atoms with Crippen LogP contribution in [0.3, 0.4) is 0 Å². The third-order valence-electron chi connectivity index (χ3n) is 3.13. The predicted octanol–water partition coefficient (Wildman–Crippen LogP) is 4.54. The molecule has 0 unspecified atom stereocenters. The molecule has 0 saturated heterocycles. The molecule has 4 nitrogen and oxygen atoms in total. The van der Waals surface area contributed by atoms with Crippen LogP contribution in [0.1, 0.15) is 10.5 Å². The molecule has 1 heterocycles. The van der Waals surface area contributed by atoms with E-state index in [4.69, 9.17) is 16.7 Å². The SMILES string of the molecule is O=C(O)c1cc2c(Nc3ccc(F)c(Cl)c3)cc(F)cc2[nH]1. The lowest BCUT2D eigenvalue weighted by Crippen LogP contribution is -1.94. The highest BCUT2D eigenvalue weighted by Crippen LogP contribution is 2.30. The van der Waals surface area contributed by atoms with Crippen molar-refractivity contribution in [2.24, 2.45) is 0 Å². The number of halogens is 3. The van der Waals surface area contributed by atoms with Gasteiger partial charge in [-0.15, -0.1) is 0 Å². The molecule has 0 aliphatic carbocycles. The molecule has 0 atom stereocenters. The van der Waals surface area contributed by atoms with Crippen LogP contribution >= 0.6 is 11.6 Å². The maximum atomic E-state index is 13.7. The number of nitrogens with one attached hydrogen (secondary N) is 2. The molecule has 3 aromatic rings. The molecule has 0 aliphatic heterocycles. The minimum absolute atomic E-state index is 0.0548. The maximum absolute atomic E-state index is 13.7. The number of hydrogen-bond acceptors (Lipinski definition) is 2. The number of rotatable bonds is 3. The summed E-state index contributed by atoms with van der Waals surface area (Å²) in [6.45, 7) is 0. The second kappa shape index (κ2) is 5.31. The van der Waals surface area contributed by atoms with Crippen LogP contribution in [0.4, 0.5) is 20.2 Å². The van der Waals surface area contributed by atoms with Gasteiger partial charge >= 0.3 is 5.97 Å². The fourth-order valence-corrected chi connectivity index (χ4v) is 2.33. The van der Waals surface area contributed by atoms with Crippen molar-refractivity contribution in [3.05, 3.63) is 58.7 Å². The smallest absolute Gasteiger partial charge is 0.352 e. The quantitative estimate of drug-likeness (QED) is 0.663. The monoisotopic (exact) mass is 322 g/mol. The first-order valence-corrected chi connectivity index (χ1v) is 6.59. The van der Waals surface area contributed by atoms with Crippen LogP contribution in [0.25, 0.3) is 10.9 Å². The first-order chi connectivity index (χ1) is 10.4. The van der Waals surface area contributed by atoms with Crippen LogP contribution in [0.2, 0.25) is 5.02 Å². The Balaban J connectivity index is 2.08. The topological polar surface area (TPSA) is 65.1 Å². The number of H-pyrrole nitrogens is 1. The second-order valence-electron chi connectivity index (χ2n) is 4.66. The molecule has 3 rings (SSSR count). The Kier molecular flexibility index (Phi) is 3.46. The van der Waals surface area contributed by atoms with E-state index in [-0.39, 0.29) is 10.7 Å². The van der Waals surface area contributed by atoms with Gasteiger partial charge in [-0.05, 0) is 36.4 Å². The summed E-state index contributed by atoms with van der Waals surface area (Å²) in [5.74, 6) is -2.25. The van der Waals surface area contributed by atoms with Gasteiger partial charge in [-0.1, -0.05) is 11.6 Å². The number of hydrogen-bond donors (Lipinski definition) is 3. The van der Waals surface area contributed by atoms with Crippen molar-refractivity contribution in [3.63, 3.8) is 0 Å². The summed E-state index contributed by atoms with van der Waals surface area (Å²) in [6, 6.07) is 7.80. The minimum atomic E-state index is -1.15. The third-order valence-corrected chi connectivity index (χ3v) is 3.42. The fraction of sp³-hybridized carbons (Fsp3) is 0. The highest BCUT2D eigenvalue weighted by Gasteiger charge is 2.12. The molecule has 1 aromatic heterocycles. The Labute approximate surface area is 128 Å². The van der Waals surface area contributed by atoms with Gasteiger partial charge in [0.25, 0.3) is 0 Å². The van der Waals surface area contributed by atoms with Crippen LogP contribution < -0.4 is 5.32 Å². The zero-order chi connectivity index (χ0) is 15.9. The van der Waals surface area contributed by atoms with Crippen LogP contribution in [0.5, 0.6) is 0 Å². The summed E-state index contributed by atoms with van der Waals surface area (Å²) < 4.78 is 26.8. The van der Waals surface area contributed by atoms with E-state index in [0.717, 1.165) is 0 Å². The summed E-state index contributed by atoms with van der Waals surface area (Å²) in [4.78, 5) is 13.6. The summed E-state index contributed by atoms with van der Waals surface area (Å²) in [6.07, 6.45) is 0. The van der Waals surface area contributed by atoms with Crippen molar-refractivity contribution in [2.45, 2.75) is 0 Å². The number of carboxylic acids is 1. The molecule has 0 fully saturated rings. The van der Waals surface area contributed by atoms with Gasteiger partial charge < -0.3 is 15.4 Å². The van der Waals surface area contributed by atoms with E-state index in [1.165, 1.54) is 36.4 Å². The van der Waals surface area contributed by atoms with E-state index < -0.39 is 17.6 Å². The fourth-order valence-electron chi connectivity index (χ4n) is 2.15.